The Hall–Kier alpha value is -5.08. The van der Waals surface area contributed by atoms with Crippen molar-refractivity contribution in [2.75, 3.05) is 10.8 Å². The van der Waals surface area contributed by atoms with Crippen LogP contribution in [0.2, 0.25) is 0 Å². The van der Waals surface area contributed by atoms with Crippen LogP contribution >= 0.6 is 0 Å². The van der Waals surface area contributed by atoms with Crippen molar-refractivity contribution in [1.29, 1.82) is 10.5 Å². The number of aromatic nitrogens is 1. The fourth-order valence-corrected chi connectivity index (χ4v) is 4.25. The summed E-state index contributed by atoms with van der Waals surface area (Å²) in [5, 5.41) is 19.3. The van der Waals surface area contributed by atoms with E-state index in [0.717, 1.165) is 5.69 Å². The molecule has 0 radical (unpaired) electrons. The molecule has 1 aliphatic rings. The number of ether oxygens (including phenoxy) is 1. The smallest absolute Gasteiger partial charge is 0.270 e. The molecule has 0 saturated carbocycles. The first kappa shape index (κ1) is 24.1. The summed E-state index contributed by atoms with van der Waals surface area (Å²) in [4.78, 5) is 4.45. The molecule has 36 heavy (non-hydrogen) atoms. The number of anilines is 1. The molecular formula is C26H16N5O4S-. The van der Waals surface area contributed by atoms with Gasteiger partial charge >= 0.3 is 0 Å². The molecule has 0 aliphatic carbocycles. The average molecular weight is 495 g/mol. The molecule has 0 saturated heterocycles. The van der Waals surface area contributed by atoms with Crippen LogP contribution < -0.4 is 9.64 Å². The molecule has 0 unspecified atom stereocenters. The Balaban J connectivity index is 1.82. The molecule has 10 heteroatoms. The summed E-state index contributed by atoms with van der Waals surface area (Å²) in [6.45, 7) is 7.36. The summed E-state index contributed by atoms with van der Waals surface area (Å²) < 4.78 is 42.7. The number of fused-ring (bicyclic) bond motifs is 1. The van der Waals surface area contributed by atoms with E-state index in [2.05, 4.69) is 4.85 Å². The molecular weight excluding hydrogens is 478 g/mol. The summed E-state index contributed by atoms with van der Waals surface area (Å²) in [6, 6.07) is 21.1. The zero-order valence-electron chi connectivity index (χ0n) is 18.6. The van der Waals surface area contributed by atoms with E-state index in [0.29, 0.717) is 17.0 Å². The highest BCUT2D eigenvalue weighted by Gasteiger charge is 2.28. The average Bonchev–Trinajstić information content (AvgIpc) is 3.52. The van der Waals surface area contributed by atoms with Gasteiger partial charge < -0.3 is 13.9 Å². The van der Waals surface area contributed by atoms with Gasteiger partial charge in [-0.3, -0.25) is 4.90 Å². The Morgan fingerprint density at radius 3 is 2.42 bits per heavy atom. The lowest BCUT2D eigenvalue weighted by molar-refractivity contribution is 0.433. The molecule has 0 atom stereocenters. The van der Waals surface area contributed by atoms with Crippen LogP contribution in [0.4, 0.5) is 5.69 Å². The minimum atomic E-state index is -4.70. The molecule has 2 heterocycles. The lowest BCUT2D eigenvalue weighted by atomic mass is 9.96. The highest BCUT2D eigenvalue weighted by Crippen LogP contribution is 2.41. The number of hydrogen-bond acceptors (Lipinski definition) is 7. The Morgan fingerprint density at radius 2 is 1.81 bits per heavy atom. The Labute approximate surface area is 207 Å². The quantitative estimate of drug-likeness (QED) is 0.216. The summed E-state index contributed by atoms with van der Waals surface area (Å²) in [5.41, 5.74) is 1.40. The lowest BCUT2D eigenvalue weighted by Crippen LogP contribution is -2.27. The largest absolute Gasteiger partial charge is 0.747 e. The fraction of sp³-hybridized carbons (Fsp3) is 0.0385. The van der Waals surface area contributed by atoms with Gasteiger partial charge in [-0.2, -0.15) is 5.26 Å². The predicted octanol–water partition coefficient (Wildman–Crippen LogP) is 4.32. The van der Waals surface area contributed by atoms with Gasteiger partial charge in [-0.05, 0) is 42.0 Å². The van der Waals surface area contributed by atoms with E-state index in [-0.39, 0.29) is 22.7 Å². The van der Waals surface area contributed by atoms with Gasteiger partial charge in [-0.1, -0.05) is 30.3 Å². The van der Waals surface area contributed by atoms with E-state index < -0.39 is 16.0 Å². The molecule has 0 fully saturated rings. The number of hydrogen-bond donors (Lipinski definition) is 0. The van der Waals surface area contributed by atoms with Crippen LogP contribution in [0.15, 0.2) is 102 Å². The van der Waals surface area contributed by atoms with E-state index in [1.54, 1.807) is 48.5 Å². The van der Waals surface area contributed by atoms with Crippen molar-refractivity contribution >= 4 is 21.4 Å². The fourth-order valence-electron chi connectivity index (χ4n) is 3.66. The number of nitriles is 2. The minimum Gasteiger partial charge on any atom is -0.747 e. The molecule has 2 aromatic carbocycles. The van der Waals surface area contributed by atoms with Crippen molar-refractivity contribution in [1.82, 2.24) is 4.57 Å². The minimum absolute atomic E-state index is 0.00411. The van der Waals surface area contributed by atoms with Gasteiger partial charge in [-0.25, -0.2) is 18.5 Å². The zero-order chi connectivity index (χ0) is 25.7. The maximum atomic E-state index is 11.7. The van der Waals surface area contributed by atoms with Crippen LogP contribution in [0.25, 0.3) is 16.1 Å². The van der Waals surface area contributed by atoms with Crippen molar-refractivity contribution in [2.45, 2.75) is 0 Å². The second kappa shape index (κ2) is 10.0. The second-order valence-electron chi connectivity index (χ2n) is 7.47. The Bertz CT molecular complexity index is 1620. The predicted molar refractivity (Wildman–Crippen MR) is 131 cm³/mol. The topological polar surface area (TPSA) is 127 Å². The highest BCUT2D eigenvalue weighted by molar-refractivity contribution is 7.85. The molecule has 1 aromatic heterocycles. The SMILES string of the molecule is [C-]#[N+]\C(C#N)=C(/C(C#N)=C/C=C1\Oc2ccc(-n3cccc3)cc2N1CS(=O)(=O)[O-])c1ccccc1. The summed E-state index contributed by atoms with van der Waals surface area (Å²) >= 11 is 0. The highest BCUT2D eigenvalue weighted by atomic mass is 32.2. The third-order valence-electron chi connectivity index (χ3n) is 5.20. The van der Waals surface area contributed by atoms with Gasteiger partial charge in [0.1, 0.15) is 16.0 Å². The first-order valence-electron chi connectivity index (χ1n) is 10.4. The third-order valence-corrected chi connectivity index (χ3v) is 5.78. The van der Waals surface area contributed by atoms with Crippen LogP contribution in [0.5, 0.6) is 5.75 Å². The van der Waals surface area contributed by atoms with Gasteiger partial charge in [0.15, 0.2) is 5.75 Å². The van der Waals surface area contributed by atoms with Gasteiger partial charge in [-0.15, -0.1) is 0 Å². The van der Waals surface area contributed by atoms with Crippen molar-refractivity contribution in [3.8, 4) is 23.6 Å². The van der Waals surface area contributed by atoms with Crippen LogP contribution in [0.1, 0.15) is 5.56 Å². The maximum Gasteiger partial charge on any atom is 0.270 e. The molecule has 1 aliphatic heterocycles. The summed E-state index contributed by atoms with van der Waals surface area (Å²) in [7, 11) is -4.70. The number of nitrogens with zero attached hydrogens (tertiary/aromatic N) is 5. The molecule has 4 rings (SSSR count). The van der Waals surface area contributed by atoms with Crippen molar-refractivity contribution in [3.05, 3.63) is 119 Å². The Morgan fingerprint density at radius 1 is 1.08 bits per heavy atom. The van der Waals surface area contributed by atoms with E-state index >= 15 is 0 Å². The van der Waals surface area contributed by atoms with Crippen molar-refractivity contribution in [3.63, 3.8) is 0 Å². The maximum absolute atomic E-state index is 11.7. The molecule has 0 N–H and O–H groups in total. The Kier molecular flexibility index (Phi) is 6.71. The van der Waals surface area contributed by atoms with Gasteiger partial charge in [0.25, 0.3) is 5.70 Å². The van der Waals surface area contributed by atoms with E-state index in [4.69, 9.17) is 11.3 Å². The van der Waals surface area contributed by atoms with E-state index in [1.807, 2.05) is 41.2 Å². The molecule has 176 valence electrons. The molecule has 0 bridgehead atoms. The standard InChI is InChI=1S/C26H17N5O4S/c1-29-22(17-28)26(19-7-3-2-4-8-19)20(16-27)9-12-25-31(18-36(32,33)34)23-15-21(10-11-24(23)35-25)30-13-5-6-14-30/h2-15H,18H2,(H,32,33,34)/p-1/b20-9+,25-12-,26-22-. The van der Waals surface area contributed by atoms with Gasteiger partial charge in [0, 0.05) is 29.7 Å². The van der Waals surface area contributed by atoms with Crippen LogP contribution in [0.3, 0.4) is 0 Å². The first-order valence-corrected chi connectivity index (χ1v) is 12.0. The van der Waals surface area contributed by atoms with E-state index in [9.17, 15) is 23.5 Å². The molecule has 9 nitrogen and oxygen atoms in total. The lowest BCUT2D eigenvalue weighted by Gasteiger charge is -2.20. The first-order chi connectivity index (χ1) is 17.3. The monoisotopic (exact) mass is 494 g/mol. The molecule has 0 spiro atoms. The third kappa shape index (κ3) is 5.03. The normalized spacial score (nSPS) is 14.8. The zero-order valence-corrected chi connectivity index (χ0v) is 19.4. The van der Waals surface area contributed by atoms with Gasteiger partial charge in [0.2, 0.25) is 5.88 Å². The van der Waals surface area contributed by atoms with E-state index in [1.165, 1.54) is 17.1 Å². The number of benzene rings is 2. The second-order valence-corrected chi connectivity index (χ2v) is 8.84. The van der Waals surface area contributed by atoms with Crippen LogP contribution in [0, 0.1) is 29.2 Å². The van der Waals surface area contributed by atoms with Crippen LogP contribution in [-0.2, 0) is 10.1 Å². The van der Waals surface area contributed by atoms with Crippen molar-refractivity contribution in [2.24, 2.45) is 0 Å². The number of allylic oxidation sites excluding steroid dienone is 5. The molecule has 3 aromatic rings. The van der Waals surface area contributed by atoms with Crippen molar-refractivity contribution < 1.29 is 17.7 Å². The molecule has 0 amide bonds. The van der Waals surface area contributed by atoms with Crippen LogP contribution in [-0.4, -0.2) is 23.4 Å². The summed E-state index contributed by atoms with van der Waals surface area (Å²) in [6.07, 6.45) is 6.28. The number of rotatable bonds is 6. The summed E-state index contributed by atoms with van der Waals surface area (Å²) in [5.74, 6) is -0.579. The van der Waals surface area contributed by atoms with Gasteiger partial charge in [0.05, 0.1) is 30.0 Å².